The molecular weight excluding hydrogens is 360 g/mol. The molecule has 1 aromatic heterocycles. The van der Waals surface area contributed by atoms with E-state index in [0.717, 1.165) is 18.4 Å². The van der Waals surface area contributed by atoms with Gasteiger partial charge >= 0.3 is 5.97 Å². The fraction of sp³-hybridized carbons (Fsp3) is 0.429. The number of ether oxygens (including phenoxy) is 3. The number of pyridine rings is 1. The molecule has 1 fully saturated rings. The zero-order valence-corrected chi connectivity index (χ0v) is 15.6. The van der Waals surface area contributed by atoms with E-state index in [-0.39, 0.29) is 6.10 Å². The monoisotopic (exact) mass is 384 g/mol. The van der Waals surface area contributed by atoms with Crippen LogP contribution in [-0.4, -0.2) is 53.4 Å². The molecular formula is C21H24N2O5. The van der Waals surface area contributed by atoms with Gasteiger partial charge in [0, 0.05) is 25.5 Å². The molecule has 0 amide bonds. The summed E-state index contributed by atoms with van der Waals surface area (Å²) in [5.74, 6) is 0.428. The van der Waals surface area contributed by atoms with Gasteiger partial charge in [0.15, 0.2) is 11.5 Å². The normalized spacial score (nSPS) is 18.6. The molecule has 0 aliphatic carbocycles. The molecule has 3 heterocycles. The van der Waals surface area contributed by atoms with E-state index in [4.69, 9.17) is 14.2 Å². The molecule has 7 nitrogen and oxygen atoms in total. The number of likely N-dealkylation sites (tertiary alicyclic amines) is 1. The first-order valence-corrected chi connectivity index (χ1v) is 9.57. The molecule has 1 saturated heterocycles. The van der Waals surface area contributed by atoms with Crippen molar-refractivity contribution in [3.8, 4) is 11.5 Å². The maximum Gasteiger partial charge on any atom is 0.325 e. The van der Waals surface area contributed by atoms with Crippen LogP contribution >= 0.6 is 0 Å². The van der Waals surface area contributed by atoms with E-state index in [1.54, 1.807) is 24.5 Å². The van der Waals surface area contributed by atoms with Crippen molar-refractivity contribution in [2.24, 2.45) is 0 Å². The molecule has 0 bridgehead atoms. The number of fused-ring (bicyclic) bond motifs is 1. The molecule has 4 rings (SSSR count). The smallest absolute Gasteiger partial charge is 0.325 e. The summed E-state index contributed by atoms with van der Waals surface area (Å²) >= 11 is 0. The van der Waals surface area contributed by atoms with Crippen LogP contribution < -0.4 is 9.47 Å². The van der Waals surface area contributed by atoms with Crippen molar-refractivity contribution >= 4 is 5.97 Å². The van der Waals surface area contributed by atoms with Gasteiger partial charge in [-0.3, -0.25) is 14.7 Å². The van der Waals surface area contributed by atoms with Crippen LogP contribution in [0.5, 0.6) is 11.5 Å². The number of carboxylic acids is 1. The standard InChI is InChI=1S/C21H24N2O5/c24-21(25)20(16-3-4-18-19(12-16)27-11-10-26-18)23-8-5-17(6-9-23)28-14-15-2-1-7-22-13-15/h1-4,7,12-13,17,20H,5-6,8-11,14H2,(H,24,25). The summed E-state index contributed by atoms with van der Waals surface area (Å²) in [5, 5.41) is 9.85. The van der Waals surface area contributed by atoms with Gasteiger partial charge in [-0.15, -0.1) is 0 Å². The van der Waals surface area contributed by atoms with Gasteiger partial charge < -0.3 is 19.3 Å². The Morgan fingerprint density at radius 2 is 2.00 bits per heavy atom. The van der Waals surface area contributed by atoms with Gasteiger partial charge in [0.2, 0.25) is 0 Å². The van der Waals surface area contributed by atoms with Crippen LogP contribution in [0.15, 0.2) is 42.7 Å². The lowest BCUT2D eigenvalue weighted by Gasteiger charge is -2.36. The molecule has 2 aromatic rings. The minimum Gasteiger partial charge on any atom is -0.486 e. The molecule has 7 heteroatoms. The van der Waals surface area contributed by atoms with Crippen LogP contribution in [0.2, 0.25) is 0 Å². The third-order valence-electron chi connectivity index (χ3n) is 5.17. The number of piperidine rings is 1. The molecule has 1 unspecified atom stereocenters. The summed E-state index contributed by atoms with van der Waals surface area (Å²) in [6.07, 6.45) is 5.28. The van der Waals surface area contributed by atoms with Crippen molar-refractivity contribution in [3.63, 3.8) is 0 Å². The minimum atomic E-state index is -0.855. The highest BCUT2D eigenvalue weighted by Crippen LogP contribution is 2.35. The molecule has 0 radical (unpaired) electrons. The summed E-state index contributed by atoms with van der Waals surface area (Å²) in [4.78, 5) is 18.1. The number of rotatable bonds is 6. The van der Waals surface area contributed by atoms with E-state index < -0.39 is 12.0 Å². The summed E-state index contributed by atoms with van der Waals surface area (Å²) in [6, 6.07) is 8.59. The van der Waals surface area contributed by atoms with E-state index in [9.17, 15) is 9.90 Å². The number of carboxylic acid groups (broad SMARTS) is 1. The van der Waals surface area contributed by atoms with Crippen molar-refractivity contribution in [1.29, 1.82) is 0 Å². The Morgan fingerprint density at radius 1 is 1.21 bits per heavy atom. The van der Waals surface area contributed by atoms with Gasteiger partial charge in [-0.05, 0) is 42.2 Å². The summed E-state index contributed by atoms with van der Waals surface area (Å²) < 4.78 is 17.1. The van der Waals surface area contributed by atoms with Crippen LogP contribution in [0.3, 0.4) is 0 Å². The van der Waals surface area contributed by atoms with E-state index >= 15 is 0 Å². The highest BCUT2D eigenvalue weighted by atomic mass is 16.6. The molecule has 2 aliphatic rings. The highest BCUT2D eigenvalue weighted by Gasteiger charge is 2.32. The van der Waals surface area contributed by atoms with Gasteiger partial charge in [0.05, 0.1) is 12.7 Å². The Hall–Kier alpha value is -2.64. The van der Waals surface area contributed by atoms with E-state index in [1.807, 2.05) is 23.1 Å². The van der Waals surface area contributed by atoms with Crippen LogP contribution in [-0.2, 0) is 16.1 Å². The molecule has 148 valence electrons. The quantitative estimate of drug-likeness (QED) is 0.820. The number of carbonyl (C=O) groups is 1. The first-order valence-electron chi connectivity index (χ1n) is 9.57. The first kappa shape index (κ1) is 18.7. The Labute approximate surface area is 163 Å². The van der Waals surface area contributed by atoms with E-state index in [0.29, 0.717) is 50.0 Å². The second-order valence-electron chi connectivity index (χ2n) is 7.05. The highest BCUT2D eigenvalue weighted by molar-refractivity contribution is 5.76. The van der Waals surface area contributed by atoms with E-state index in [1.165, 1.54) is 0 Å². The van der Waals surface area contributed by atoms with Gasteiger partial charge in [-0.2, -0.15) is 0 Å². The Bertz CT molecular complexity index is 806. The van der Waals surface area contributed by atoms with Gasteiger partial charge in [0.1, 0.15) is 19.3 Å². The predicted molar refractivity (Wildman–Crippen MR) is 101 cm³/mol. The maximum atomic E-state index is 12.0. The molecule has 1 atom stereocenters. The van der Waals surface area contributed by atoms with Gasteiger partial charge in [-0.1, -0.05) is 12.1 Å². The largest absolute Gasteiger partial charge is 0.486 e. The van der Waals surface area contributed by atoms with Gasteiger partial charge in [-0.25, -0.2) is 0 Å². The molecule has 0 spiro atoms. The average molecular weight is 384 g/mol. The number of benzene rings is 1. The number of nitrogens with zero attached hydrogens (tertiary/aromatic N) is 2. The van der Waals surface area contributed by atoms with E-state index in [2.05, 4.69) is 4.98 Å². The van der Waals surface area contributed by atoms with Crippen LogP contribution in [0.25, 0.3) is 0 Å². The molecule has 2 aliphatic heterocycles. The number of aromatic nitrogens is 1. The molecule has 1 N–H and O–H groups in total. The fourth-order valence-electron chi connectivity index (χ4n) is 3.74. The van der Waals surface area contributed by atoms with Crippen LogP contribution in [0.4, 0.5) is 0 Å². The lowest BCUT2D eigenvalue weighted by Crippen LogP contribution is -2.42. The van der Waals surface area contributed by atoms with Crippen molar-refractivity contribution < 1.29 is 24.1 Å². The molecule has 1 aromatic carbocycles. The average Bonchev–Trinajstić information content (AvgIpc) is 2.74. The maximum absolute atomic E-state index is 12.0. The zero-order valence-electron chi connectivity index (χ0n) is 15.6. The second kappa shape index (κ2) is 8.58. The zero-order chi connectivity index (χ0) is 19.3. The van der Waals surface area contributed by atoms with Crippen molar-refractivity contribution in [3.05, 3.63) is 53.9 Å². The summed E-state index contributed by atoms with van der Waals surface area (Å²) in [6.45, 7) is 2.87. The minimum absolute atomic E-state index is 0.131. The van der Waals surface area contributed by atoms with Crippen molar-refractivity contribution in [1.82, 2.24) is 9.88 Å². The van der Waals surface area contributed by atoms with Crippen molar-refractivity contribution in [2.75, 3.05) is 26.3 Å². The first-order chi connectivity index (χ1) is 13.7. The lowest BCUT2D eigenvalue weighted by atomic mass is 10.00. The third kappa shape index (κ3) is 4.26. The Kier molecular flexibility index (Phi) is 5.73. The summed E-state index contributed by atoms with van der Waals surface area (Å²) in [5.41, 5.74) is 1.76. The lowest BCUT2D eigenvalue weighted by molar-refractivity contribution is -0.145. The third-order valence-corrected chi connectivity index (χ3v) is 5.17. The number of aliphatic carboxylic acids is 1. The Morgan fingerprint density at radius 3 is 2.71 bits per heavy atom. The second-order valence-corrected chi connectivity index (χ2v) is 7.05. The topological polar surface area (TPSA) is 81.1 Å². The van der Waals surface area contributed by atoms with Gasteiger partial charge in [0.25, 0.3) is 0 Å². The number of hydrogen-bond donors (Lipinski definition) is 1. The summed E-state index contributed by atoms with van der Waals surface area (Å²) in [7, 11) is 0. The van der Waals surface area contributed by atoms with Crippen LogP contribution in [0, 0.1) is 0 Å². The van der Waals surface area contributed by atoms with Crippen molar-refractivity contribution in [2.45, 2.75) is 31.6 Å². The van der Waals surface area contributed by atoms with Crippen LogP contribution in [0.1, 0.15) is 30.0 Å². The SMILES string of the molecule is O=C(O)C(c1ccc2c(c1)OCCO2)N1CCC(OCc2cccnc2)CC1. The molecule has 0 saturated carbocycles. The Balaban J connectivity index is 1.38. The molecule has 28 heavy (non-hydrogen) atoms. The predicted octanol–water partition coefficient (Wildman–Crippen LogP) is 2.66. The number of hydrogen-bond acceptors (Lipinski definition) is 6. The fourth-order valence-corrected chi connectivity index (χ4v) is 3.74.